The highest BCUT2D eigenvalue weighted by molar-refractivity contribution is 7.90. The maximum absolute atomic E-state index is 12.6. The number of carbonyl (C=O) groups is 2. The molecule has 2 aromatic carbocycles. The summed E-state index contributed by atoms with van der Waals surface area (Å²) >= 11 is 0. The van der Waals surface area contributed by atoms with E-state index in [1.54, 1.807) is 38.1 Å². The molecule has 0 fully saturated rings. The van der Waals surface area contributed by atoms with Gasteiger partial charge in [-0.3, -0.25) is 9.59 Å². The molecule has 2 rings (SSSR count). The van der Waals surface area contributed by atoms with Crippen LogP contribution in [-0.2, 0) is 19.6 Å². The number of hydrogen-bond acceptors (Lipinski definition) is 5. The summed E-state index contributed by atoms with van der Waals surface area (Å²) in [6, 6.07) is 9.74. The molecule has 0 radical (unpaired) electrons. The third kappa shape index (κ3) is 3.50. The Labute approximate surface area is 152 Å². The number of primary amides is 1. The molecule has 0 spiro atoms. The van der Waals surface area contributed by atoms with Crippen molar-refractivity contribution in [1.82, 2.24) is 4.72 Å². The van der Waals surface area contributed by atoms with Crippen LogP contribution in [0.2, 0.25) is 0 Å². The number of nitrogens with two attached hydrogens (primary N) is 1. The van der Waals surface area contributed by atoms with E-state index in [9.17, 15) is 18.0 Å². The van der Waals surface area contributed by atoms with Crippen molar-refractivity contribution >= 4 is 32.6 Å². The fourth-order valence-corrected chi connectivity index (χ4v) is 3.89. The molecule has 0 atom stereocenters. The molecule has 0 unspecified atom stereocenters. The van der Waals surface area contributed by atoms with E-state index in [-0.39, 0.29) is 17.7 Å². The number of ether oxygens (including phenoxy) is 1. The van der Waals surface area contributed by atoms with Gasteiger partial charge >= 0.3 is 0 Å². The average Bonchev–Trinajstić information content (AvgIpc) is 2.61. The molecule has 3 N–H and O–H groups in total. The molecule has 2 aromatic rings. The third-order valence-corrected chi connectivity index (χ3v) is 6.00. The van der Waals surface area contributed by atoms with Crippen LogP contribution >= 0.6 is 0 Å². The van der Waals surface area contributed by atoms with Crippen LogP contribution in [0.5, 0.6) is 5.75 Å². The number of sulfonamides is 1. The summed E-state index contributed by atoms with van der Waals surface area (Å²) < 4.78 is 32.4. The van der Waals surface area contributed by atoms with Gasteiger partial charge in [0, 0.05) is 0 Å². The fraction of sp³-hybridized carbons (Fsp3) is 0.333. The lowest BCUT2D eigenvalue weighted by Crippen LogP contribution is -2.50. The van der Waals surface area contributed by atoms with Crippen molar-refractivity contribution in [3.05, 3.63) is 36.4 Å². The second-order valence-corrected chi connectivity index (χ2v) is 7.65. The molecule has 0 heterocycles. The van der Waals surface area contributed by atoms with Gasteiger partial charge in [-0.25, -0.2) is 13.1 Å². The van der Waals surface area contributed by atoms with Crippen molar-refractivity contribution in [1.29, 1.82) is 0 Å². The summed E-state index contributed by atoms with van der Waals surface area (Å²) in [6.07, 6.45) is 0.213. The van der Waals surface area contributed by atoms with Gasteiger partial charge in [0.1, 0.15) is 11.2 Å². The summed E-state index contributed by atoms with van der Waals surface area (Å²) in [7, 11) is -2.64. The number of rotatable bonds is 7. The largest absolute Gasteiger partial charge is 0.497 e. The van der Waals surface area contributed by atoms with Crippen LogP contribution in [0.1, 0.15) is 26.7 Å². The number of methoxy groups -OCH3 is 1. The van der Waals surface area contributed by atoms with Crippen molar-refractivity contribution < 1.29 is 22.7 Å². The van der Waals surface area contributed by atoms with Crippen molar-refractivity contribution in [2.45, 2.75) is 31.6 Å². The third-order valence-electron chi connectivity index (χ3n) is 4.67. The molecular weight excluding hydrogens is 356 g/mol. The zero-order valence-corrected chi connectivity index (χ0v) is 15.7. The highest BCUT2D eigenvalue weighted by atomic mass is 32.2. The lowest BCUT2D eigenvalue weighted by Gasteiger charge is -2.26. The molecule has 0 aromatic heterocycles. The first-order valence-corrected chi connectivity index (χ1v) is 9.63. The van der Waals surface area contributed by atoms with Crippen LogP contribution in [0.15, 0.2) is 41.3 Å². The maximum Gasteiger partial charge on any atom is 0.264 e. The molecule has 8 heteroatoms. The summed E-state index contributed by atoms with van der Waals surface area (Å²) in [5.74, 6) is -1.18. The number of nitrogens with one attached hydrogen (secondary N) is 1. The average molecular weight is 378 g/mol. The molecule has 0 aliphatic carbocycles. The molecule has 140 valence electrons. The SMILES string of the molecule is CCC(CC)(C(N)=O)C(=O)NS(=O)(=O)c1ccc2ccc(OC)cc2c1. The number of amides is 2. The molecule has 0 bridgehead atoms. The highest BCUT2D eigenvalue weighted by Gasteiger charge is 2.42. The second-order valence-electron chi connectivity index (χ2n) is 5.96. The minimum absolute atomic E-state index is 0.0859. The number of benzene rings is 2. The summed E-state index contributed by atoms with van der Waals surface area (Å²) in [4.78, 5) is 24.2. The van der Waals surface area contributed by atoms with Gasteiger partial charge in [-0.15, -0.1) is 0 Å². The van der Waals surface area contributed by atoms with Gasteiger partial charge in [-0.2, -0.15) is 0 Å². The lowest BCUT2D eigenvalue weighted by atomic mass is 9.81. The van der Waals surface area contributed by atoms with Crippen LogP contribution in [0.3, 0.4) is 0 Å². The molecule has 7 nitrogen and oxygen atoms in total. The molecule has 26 heavy (non-hydrogen) atoms. The smallest absolute Gasteiger partial charge is 0.264 e. The van der Waals surface area contributed by atoms with E-state index in [2.05, 4.69) is 0 Å². The Morgan fingerprint density at radius 1 is 1.08 bits per heavy atom. The van der Waals surface area contributed by atoms with Gasteiger partial charge in [0.25, 0.3) is 10.0 Å². The quantitative estimate of drug-likeness (QED) is 0.715. The van der Waals surface area contributed by atoms with Crippen molar-refractivity contribution in [2.24, 2.45) is 11.1 Å². The van der Waals surface area contributed by atoms with E-state index in [1.165, 1.54) is 19.2 Å². The van der Waals surface area contributed by atoms with E-state index in [1.807, 2.05) is 4.72 Å². The van der Waals surface area contributed by atoms with Crippen molar-refractivity contribution in [3.63, 3.8) is 0 Å². The standard InChI is InChI=1S/C18H22N2O5S/c1-4-18(5-2,16(19)21)17(22)20-26(23,24)15-9-7-12-6-8-14(25-3)10-13(12)11-15/h6-11H,4-5H2,1-3H3,(H2,19,21)(H,20,22). The highest BCUT2D eigenvalue weighted by Crippen LogP contribution is 2.28. The number of fused-ring (bicyclic) bond motifs is 1. The monoisotopic (exact) mass is 378 g/mol. The van der Waals surface area contributed by atoms with Gasteiger partial charge in [-0.05, 0) is 47.9 Å². The molecule has 0 saturated carbocycles. The predicted molar refractivity (Wildman–Crippen MR) is 98.0 cm³/mol. The molecular formula is C18H22N2O5S. The lowest BCUT2D eigenvalue weighted by molar-refractivity contribution is -0.141. The van der Waals surface area contributed by atoms with E-state index >= 15 is 0 Å². The Balaban J connectivity index is 2.42. The first kappa shape index (κ1) is 19.7. The topological polar surface area (TPSA) is 116 Å². The maximum atomic E-state index is 12.6. The van der Waals surface area contributed by atoms with Gasteiger partial charge in [0.15, 0.2) is 0 Å². The minimum Gasteiger partial charge on any atom is -0.497 e. The van der Waals surface area contributed by atoms with E-state index in [0.717, 1.165) is 5.39 Å². The minimum atomic E-state index is -4.16. The summed E-state index contributed by atoms with van der Waals surface area (Å²) in [6.45, 7) is 3.23. The normalized spacial score (nSPS) is 12.0. The first-order chi connectivity index (χ1) is 12.2. The summed E-state index contributed by atoms with van der Waals surface area (Å²) in [5, 5.41) is 1.47. The zero-order valence-electron chi connectivity index (χ0n) is 14.9. The van der Waals surface area contributed by atoms with E-state index in [0.29, 0.717) is 11.1 Å². The zero-order chi connectivity index (χ0) is 19.5. The van der Waals surface area contributed by atoms with E-state index < -0.39 is 27.3 Å². The fourth-order valence-electron chi connectivity index (χ4n) is 2.81. The van der Waals surface area contributed by atoms with Crippen molar-refractivity contribution in [3.8, 4) is 5.75 Å². The van der Waals surface area contributed by atoms with Crippen LogP contribution in [0, 0.1) is 5.41 Å². The van der Waals surface area contributed by atoms with Crippen LogP contribution in [0.4, 0.5) is 0 Å². The predicted octanol–water partition coefficient (Wildman–Crippen LogP) is 1.94. The van der Waals surface area contributed by atoms with Gasteiger partial charge < -0.3 is 10.5 Å². The Morgan fingerprint density at radius 3 is 2.23 bits per heavy atom. The Morgan fingerprint density at radius 2 is 1.69 bits per heavy atom. The first-order valence-electron chi connectivity index (χ1n) is 8.15. The van der Waals surface area contributed by atoms with Crippen LogP contribution in [-0.4, -0.2) is 27.3 Å². The number of carbonyl (C=O) groups excluding carboxylic acids is 2. The van der Waals surface area contributed by atoms with Crippen molar-refractivity contribution in [2.75, 3.05) is 7.11 Å². The summed E-state index contributed by atoms with van der Waals surface area (Å²) in [5.41, 5.74) is 3.79. The molecule has 0 saturated heterocycles. The number of hydrogen-bond donors (Lipinski definition) is 2. The molecule has 0 aliphatic heterocycles. The molecule has 0 aliphatic rings. The Bertz CT molecular complexity index is 949. The van der Waals surface area contributed by atoms with Gasteiger partial charge in [-0.1, -0.05) is 26.0 Å². The van der Waals surface area contributed by atoms with Gasteiger partial charge in [0.05, 0.1) is 12.0 Å². The van der Waals surface area contributed by atoms with E-state index in [4.69, 9.17) is 10.5 Å². The van der Waals surface area contributed by atoms with Crippen LogP contribution < -0.4 is 15.2 Å². The van der Waals surface area contributed by atoms with Crippen LogP contribution in [0.25, 0.3) is 10.8 Å². The van der Waals surface area contributed by atoms with Gasteiger partial charge in [0.2, 0.25) is 11.8 Å². The second kappa shape index (κ2) is 7.33. The Hall–Kier alpha value is -2.61. The Kier molecular flexibility index (Phi) is 5.56. The molecule has 2 amide bonds.